The van der Waals surface area contributed by atoms with Gasteiger partial charge in [-0.2, -0.15) is 0 Å². The summed E-state index contributed by atoms with van der Waals surface area (Å²) in [6, 6.07) is 19.0. The minimum atomic E-state index is 1.21. The van der Waals surface area contributed by atoms with Crippen molar-refractivity contribution in [2.75, 3.05) is 0 Å². The SMILES string of the molecule is c1ccc2cc(-n3cccc3)ccc2c1. The monoisotopic (exact) mass is 193 g/mol. The molecule has 0 amide bonds. The Kier molecular flexibility index (Phi) is 1.82. The third kappa shape index (κ3) is 1.42. The first kappa shape index (κ1) is 8.30. The number of nitrogens with zero attached hydrogens (tertiary/aromatic N) is 1. The molecule has 0 aliphatic carbocycles. The maximum absolute atomic E-state index is 2.20. The molecule has 0 aliphatic heterocycles. The highest BCUT2D eigenvalue weighted by molar-refractivity contribution is 5.84. The summed E-state index contributed by atoms with van der Waals surface area (Å²) in [5.41, 5.74) is 1.21. The van der Waals surface area contributed by atoms with Gasteiger partial charge >= 0.3 is 0 Å². The molecular weight excluding hydrogens is 182 g/mol. The first-order valence-corrected chi connectivity index (χ1v) is 5.06. The number of aromatic nitrogens is 1. The quantitative estimate of drug-likeness (QED) is 0.556. The second-order valence-electron chi connectivity index (χ2n) is 3.62. The van der Waals surface area contributed by atoms with Crippen molar-refractivity contribution in [1.29, 1.82) is 0 Å². The summed E-state index contributed by atoms with van der Waals surface area (Å²) < 4.78 is 2.12. The van der Waals surface area contributed by atoms with E-state index < -0.39 is 0 Å². The van der Waals surface area contributed by atoms with Gasteiger partial charge in [0.05, 0.1) is 0 Å². The van der Waals surface area contributed by atoms with Crippen molar-refractivity contribution in [1.82, 2.24) is 4.57 Å². The van der Waals surface area contributed by atoms with Gasteiger partial charge in [-0.1, -0.05) is 30.3 Å². The zero-order valence-corrected chi connectivity index (χ0v) is 8.30. The Morgan fingerprint density at radius 1 is 0.667 bits per heavy atom. The van der Waals surface area contributed by atoms with Crippen molar-refractivity contribution in [3.8, 4) is 5.69 Å². The minimum Gasteiger partial charge on any atom is -0.324 e. The maximum Gasteiger partial charge on any atom is 0.0455 e. The normalized spacial score (nSPS) is 10.7. The molecule has 1 heterocycles. The van der Waals surface area contributed by atoms with E-state index in [1.54, 1.807) is 0 Å². The molecule has 2 aromatic carbocycles. The van der Waals surface area contributed by atoms with E-state index in [1.165, 1.54) is 16.5 Å². The highest BCUT2D eigenvalue weighted by Crippen LogP contribution is 2.18. The van der Waals surface area contributed by atoms with E-state index in [-0.39, 0.29) is 0 Å². The first-order chi connectivity index (χ1) is 7.43. The molecule has 0 radical (unpaired) electrons. The van der Waals surface area contributed by atoms with Crippen molar-refractivity contribution >= 4 is 10.8 Å². The van der Waals surface area contributed by atoms with Crippen molar-refractivity contribution in [2.24, 2.45) is 0 Å². The molecule has 72 valence electrons. The molecule has 0 N–H and O–H groups in total. The third-order valence-electron chi connectivity index (χ3n) is 2.64. The van der Waals surface area contributed by atoms with Gasteiger partial charge in [0.2, 0.25) is 0 Å². The Bertz CT molecular complexity index is 579. The highest BCUT2D eigenvalue weighted by Gasteiger charge is 1.96. The highest BCUT2D eigenvalue weighted by atomic mass is 14.9. The van der Waals surface area contributed by atoms with Crippen molar-refractivity contribution < 1.29 is 0 Å². The maximum atomic E-state index is 2.20. The van der Waals surface area contributed by atoms with Gasteiger partial charge in [0.15, 0.2) is 0 Å². The topological polar surface area (TPSA) is 4.93 Å². The number of fused-ring (bicyclic) bond motifs is 1. The Balaban J connectivity index is 2.22. The van der Waals surface area contributed by atoms with Crippen LogP contribution in [0.2, 0.25) is 0 Å². The summed E-state index contributed by atoms with van der Waals surface area (Å²) in [7, 11) is 0. The van der Waals surface area contributed by atoms with Gasteiger partial charge in [-0.15, -0.1) is 0 Å². The van der Waals surface area contributed by atoms with Gasteiger partial charge < -0.3 is 4.57 Å². The van der Waals surface area contributed by atoms with Crippen LogP contribution in [0, 0.1) is 0 Å². The van der Waals surface area contributed by atoms with E-state index in [2.05, 4.69) is 59.4 Å². The van der Waals surface area contributed by atoms with Crippen molar-refractivity contribution in [3.05, 3.63) is 67.0 Å². The zero-order chi connectivity index (χ0) is 10.1. The number of hydrogen-bond acceptors (Lipinski definition) is 0. The van der Waals surface area contributed by atoms with Crippen LogP contribution in [0.1, 0.15) is 0 Å². The summed E-state index contributed by atoms with van der Waals surface area (Å²) in [4.78, 5) is 0. The lowest BCUT2D eigenvalue weighted by atomic mass is 10.1. The summed E-state index contributed by atoms with van der Waals surface area (Å²) >= 11 is 0. The van der Waals surface area contributed by atoms with E-state index >= 15 is 0 Å². The van der Waals surface area contributed by atoms with Crippen molar-refractivity contribution in [3.63, 3.8) is 0 Å². The van der Waals surface area contributed by atoms with Crippen LogP contribution in [0.25, 0.3) is 16.5 Å². The molecule has 1 nitrogen and oxygen atoms in total. The molecule has 0 saturated heterocycles. The molecule has 1 heteroatoms. The van der Waals surface area contributed by atoms with E-state index in [4.69, 9.17) is 0 Å². The standard InChI is InChI=1S/C14H11N/c1-2-6-13-11-14(8-7-12(13)5-1)15-9-3-4-10-15/h1-11H. The molecule has 15 heavy (non-hydrogen) atoms. The predicted octanol–water partition coefficient (Wildman–Crippen LogP) is 3.63. The lowest BCUT2D eigenvalue weighted by Gasteiger charge is -2.04. The van der Waals surface area contributed by atoms with Gasteiger partial charge in [0.1, 0.15) is 0 Å². The fourth-order valence-electron chi connectivity index (χ4n) is 1.84. The van der Waals surface area contributed by atoms with E-state index in [0.29, 0.717) is 0 Å². The minimum absolute atomic E-state index is 1.21. The second-order valence-corrected chi connectivity index (χ2v) is 3.62. The molecule has 0 spiro atoms. The van der Waals surface area contributed by atoms with E-state index in [1.807, 2.05) is 12.1 Å². The molecular formula is C14H11N. The average Bonchev–Trinajstić information content (AvgIpc) is 2.82. The molecule has 0 aliphatic rings. The molecule has 1 aromatic heterocycles. The van der Waals surface area contributed by atoms with Crippen LogP contribution in [0.15, 0.2) is 67.0 Å². The molecule has 0 bridgehead atoms. The smallest absolute Gasteiger partial charge is 0.0455 e. The lowest BCUT2D eigenvalue weighted by Crippen LogP contribution is -1.88. The number of benzene rings is 2. The predicted molar refractivity (Wildman–Crippen MR) is 63.3 cm³/mol. The Morgan fingerprint density at radius 3 is 2.20 bits per heavy atom. The average molecular weight is 193 g/mol. The van der Waals surface area contributed by atoms with Crippen LogP contribution in [0.5, 0.6) is 0 Å². The van der Waals surface area contributed by atoms with Gasteiger partial charge in [-0.3, -0.25) is 0 Å². The zero-order valence-electron chi connectivity index (χ0n) is 8.30. The van der Waals surface area contributed by atoms with Crippen LogP contribution >= 0.6 is 0 Å². The second kappa shape index (κ2) is 3.28. The van der Waals surface area contributed by atoms with Crippen LogP contribution in [0.4, 0.5) is 0 Å². The molecule has 0 atom stereocenters. The van der Waals surface area contributed by atoms with Crippen LogP contribution in [-0.4, -0.2) is 4.57 Å². The Morgan fingerprint density at radius 2 is 1.40 bits per heavy atom. The third-order valence-corrected chi connectivity index (χ3v) is 2.64. The summed E-state index contributed by atoms with van der Waals surface area (Å²) in [5, 5.41) is 2.57. The summed E-state index contributed by atoms with van der Waals surface area (Å²) in [6.45, 7) is 0. The van der Waals surface area contributed by atoms with Crippen LogP contribution in [-0.2, 0) is 0 Å². The molecule has 3 aromatic rings. The van der Waals surface area contributed by atoms with Gasteiger partial charge in [0, 0.05) is 18.1 Å². The number of hydrogen-bond donors (Lipinski definition) is 0. The fourth-order valence-corrected chi connectivity index (χ4v) is 1.84. The molecule has 0 saturated carbocycles. The molecule has 0 unspecified atom stereocenters. The van der Waals surface area contributed by atoms with Gasteiger partial charge in [-0.25, -0.2) is 0 Å². The molecule has 3 rings (SSSR count). The Hall–Kier alpha value is -2.02. The van der Waals surface area contributed by atoms with Crippen LogP contribution in [0.3, 0.4) is 0 Å². The van der Waals surface area contributed by atoms with Gasteiger partial charge in [0.25, 0.3) is 0 Å². The van der Waals surface area contributed by atoms with Gasteiger partial charge in [-0.05, 0) is 35.0 Å². The molecule has 0 fully saturated rings. The fraction of sp³-hybridized carbons (Fsp3) is 0. The van der Waals surface area contributed by atoms with E-state index in [0.717, 1.165) is 0 Å². The largest absolute Gasteiger partial charge is 0.324 e. The summed E-state index contributed by atoms with van der Waals surface area (Å²) in [6.07, 6.45) is 4.12. The first-order valence-electron chi connectivity index (χ1n) is 5.06. The number of rotatable bonds is 1. The van der Waals surface area contributed by atoms with E-state index in [9.17, 15) is 0 Å². The lowest BCUT2D eigenvalue weighted by molar-refractivity contribution is 1.08. The summed E-state index contributed by atoms with van der Waals surface area (Å²) in [5.74, 6) is 0. The van der Waals surface area contributed by atoms with Crippen LogP contribution < -0.4 is 0 Å². The van der Waals surface area contributed by atoms with Crippen molar-refractivity contribution in [2.45, 2.75) is 0 Å². The Labute approximate surface area is 88.6 Å².